The highest BCUT2D eigenvalue weighted by atomic mass is 32.1. The van der Waals surface area contributed by atoms with Gasteiger partial charge in [0.05, 0.1) is 17.3 Å². The third-order valence-electron chi connectivity index (χ3n) is 3.69. The number of carboxylic acid groups (broad SMARTS) is 1. The zero-order valence-electron chi connectivity index (χ0n) is 13.3. The molecule has 1 fully saturated rings. The number of amides is 2. The standard InChI is InChI=1S/C18H13N3O4S/c22-15-14(10-19-12-8-6-11(7-9-12)17(24)25)16(23)21(18(26)20-15)13-4-2-1-3-5-13/h1-10,14H,(H,24,25)(H,20,22,26)/p-1/t14-/m1/s1. The number of thiocarbonyl (C=S) groups is 1. The summed E-state index contributed by atoms with van der Waals surface area (Å²) in [4.78, 5) is 40.9. The molecule has 2 aromatic carbocycles. The zero-order valence-corrected chi connectivity index (χ0v) is 14.1. The Labute approximate surface area is 154 Å². The topological polar surface area (TPSA) is 102 Å². The highest BCUT2D eigenvalue weighted by molar-refractivity contribution is 7.80. The minimum absolute atomic E-state index is 0.00848. The van der Waals surface area contributed by atoms with E-state index < -0.39 is 23.7 Å². The summed E-state index contributed by atoms with van der Waals surface area (Å²) in [6, 6.07) is 14.3. The molecule has 1 aliphatic heterocycles. The Kier molecular flexibility index (Phi) is 4.85. The fraction of sp³-hybridized carbons (Fsp3) is 0.0556. The van der Waals surface area contributed by atoms with Crippen molar-refractivity contribution in [3.05, 3.63) is 60.2 Å². The van der Waals surface area contributed by atoms with Crippen molar-refractivity contribution in [2.45, 2.75) is 0 Å². The smallest absolute Gasteiger partial charge is 0.251 e. The minimum atomic E-state index is -1.30. The highest BCUT2D eigenvalue weighted by Crippen LogP contribution is 2.20. The van der Waals surface area contributed by atoms with Crippen molar-refractivity contribution in [3.8, 4) is 0 Å². The van der Waals surface area contributed by atoms with E-state index in [2.05, 4.69) is 10.3 Å². The lowest BCUT2D eigenvalue weighted by Gasteiger charge is -2.30. The molecule has 0 radical (unpaired) electrons. The predicted octanol–water partition coefficient (Wildman–Crippen LogP) is 0.816. The van der Waals surface area contributed by atoms with E-state index in [1.54, 1.807) is 30.3 Å². The Bertz CT molecular complexity index is 910. The first kappa shape index (κ1) is 17.4. The number of carbonyl (C=O) groups excluding carboxylic acids is 3. The zero-order chi connectivity index (χ0) is 18.7. The fourth-order valence-corrected chi connectivity index (χ4v) is 2.68. The molecule has 8 heteroatoms. The first-order valence-corrected chi connectivity index (χ1v) is 7.97. The molecule has 0 spiro atoms. The lowest BCUT2D eigenvalue weighted by atomic mass is 10.1. The van der Waals surface area contributed by atoms with Gasteiger partial charge in [-0.25, -0.2) is 0 Å². The molecule has 0 bridgehead atoms. The van der Waals surface area contributed by atoms with Gasteiger partial charge in [0.1, 0.15) is 0 Å². The molecule has 0 aromatic heterocycles. The molecule has 7 nitrogen and oxygen atoms in total. The van der Waals surface area contributed by atoms with Crippen molar-refractivity contribution in [2.24, 2.45) is 10.9 Å². The molecule has 2 amide bonds. The van der Waals surface area contributed by atoms with Crippen LogP contribution in [0.15, 0.2) is 59.6 Å². The van der Waals surface area contributed by atoms with Gasteiger partial charge in [-0.2, -0.15) is 0 Å². The van der Waals surface area contributed by atoms with Crippen molar-refractivity contribution in [3.63, 3.8) is 0 Å². The van der Waals surface area contributed by atoms with Gasteiger partial charge < -0.3 is 15.2 Å². The molecule has 1 atom stereocenters. The maximum atomic E-state index is 12.7. The maximum Gasteiger partial charge on any atom is 0.251 e. The molecule has 1 heterocycles. The van der Waals surface area contributed by atoms with Crippen molar-refractivity contribution in [1.29, 1.82) is 0 Å². The number of rotatable bonds is 4. The third kappa shape index (κ3) is 3.50. The van der Waals surface area contributed by atoms with E-state index in [1.807, 2.05) is 0 Å². The van der Waals surface area contributed by atoms with E-state index in [4.69, 9.17) is 12.2 Å². The number of aliphatic imine (C=N–C) groups is 1. The molecule has 26 heavy (non-hydrogen) atoms. The molecular weight excluding hydrogens is 354 g/mol. The van der Waals surface area contributed by atoms with Crippen molar-refractivity contribution < 1.29 is 19.5 Å². The summed E-state index contributed by atoms with van der Waals surface area (Å²) in [6.45, 7) is 0. The first-order chi connectivity index (χ1) is 12.5. The highest BCUT2D eigenvalue weighted by Gasteiger charge is 2.38. The Hall–Kier alpha value is -3.39. The second-order valence-electron chi connectivity index (χ2n) is 5.39. The summed E-state index contributed by atoms with van der Waals surface area (Å²) in [5.41, 5.74) is 0.949. The summed E-state index contributed by atoms with van der Waals surface area (Å²) in [6.07, 6.45) is 1.21. The van der Waals surface area contributed by atoms with Gasteiger partial charge in [-0.1, -0.05) is 30.3 Å². The molecular formula is C18H12N3O4S-. The van der Waals surface area contributed by atoms with Crippen LogP contribution < -0.4 is 15.3 Å². The minimum Gasteiger partial charge on any atom is -0.545 e. The van der Waals surface area contributed by atoms with Crippen LogP contribution >= 0.6 is 12.2 Å². The van der Waals surface area contributed by atoms with Crippen LogP contribution in [0.3, 0.4) is 0 Å². The molecule has 1 aliphatic rings. The third-order valence-corrected chi connectivity index (χ3v) is 3.98. The molecule has 1 saturated heterocycles. The van der Waals surface area contributed by atoms with Crippen LogP contribution in [0, 0.1) is 5.92 Å². The van der Waals surface area contributed by atoms with Gasteiger partial charge in [-0.15, -0.1) is 0 Å². The van der Waals surface area contributed by atoms with Crippen LogP contribution in [0.5, 0.6) is 0 Å². The summed E-state index contributed by atoms with van der Waals surface area (Å²) < 4.78 is 0. The Morgan fingerprint density at radius 3 is 2.38 bits per heavy atom. The summed E-state index contributed by atoms with van der Waals surface area (Å²) >= 11 is 5.10. The number of hydrogen-bond acceptors (Lipinski definition) is 6. The van der Waals surface area contributed by atoms with E-state index in [-0.39, 0.29) is 10.7 Å². The Morgan fingerprint density at radius 2 is 1.77 bits per heavy atom. The van der Waals surface area contributed by atoms with E-state index >= 15 is 0 Å². The molecule has 0 unspecified atom stereocenters. The van der Waals surface area contributed by atoms with E-state index in [0.29, 0.717) is 11.4 Å². The number of nitrogens with zero attached hydrogens (tertiary/aromatic N) is 2. The van der Waals surface area contributed by atoms with Crippen molar-refractivity contribution in [1.82, 2.24) is 5.32 Å². The van der Waals surface area contributed by atoms with Gasteiger partial charge in [0.2, 0.25) is 5.91 Å². The van der Waals surface area contributed by atoms with Crippen LogP contribution in [-0.4, -0.2) is 29.1 Å². The first-order valence-electron chi connectivity index (χ1n) is 7.57. The largest absolute Gasteiger partial charge is 0.545 e. The molecule has 130 valence electrons. The predicted molar refractivity (Wildman–Crippen MR) is 97.1 cm³/mol. The normalized spacial score (nSPS) is 17.5. The lowest BCUT2D eigenvalue weighted by molar-refractivity contribution is -0.255. The Balaban J connectivity index is 1.84. The van der Waals surface area contributed by atoms with Gasteiger partial charge >= 0.3 is 0 Å². The Morgan fingerprint density at radius 1 is 1.12 bits per heavy atom. The molecule has 3 rings (SSSR count). The number of aromatic carboxylic acids is 1. The number of anilines is 1. The SMILES string of the molecule is O=C([O-])c1ccc(N=C[C@@H]2C(=O)NC(=S)N(c3ccccc3)C2=O)cc1. The van der Waals surface area contributed by atoms with E-state index in [9.17, 15) is 19.5 Å². The van der Waals surface area contributed by atoms with Gasteiger partial charge in [0.15, 0.2) is 11.0 Å². The van der Waals surface area contributed by atoms with Gasteiger partial charge in [-0.3, -0.25) is 19.5 Å². The number of carbonyl (C=O) groups is 3. The van der Waals surface area contributed by atoms with Gasteiger partial charge in [0, 0.05) is 6.21 Å². The van der Waals surface area contributed by atoms with Crippen molar-refractivity contribution in [2.75, 3.05) is 4.90 Å². The molecule has 2 aromatic rings. The van der Waals surface area contributed by atoms with Crippen LogP contribution in [-0.2, 0) is 9.59 Å². The average Bonchev–Trinajstić information content (AvgIpc) is 2.62. The molecule has 1 N–H and O–H groups in total. The maximum absolute atomic E-state index is 12.7. The van der Waals surface area contributed by atoms with Crippen LogP contribution in [0.1, 0.15) is 10.4 Å². The quantitative estimate of drug-likeness (QED) is 0.490. The second kappa shape index (κ2) is 7.24. The number of carboxylic acids is 1. The lowest BCUT2D eigenvalue weighted by Crippen LogP contribution is -2.58. The average molecular weight is 366 g/mol. The van der Waals surface area contributed by atoms with Gasteiger partial charge in [-0.05, 0) is 42.0 Å². The van der Waals surface area contributed by atoms with Gasteiger partial charge in [0.25, 0.3) is 5.91 Å². The summed E-state index contributed by atoms with van der Waals surface area (Å²) in [5.74, 6) is -3.53. The molecule has 0 saturated carbocycles. The van der Waals surface area contributed by atoms with E-state index in [0.717, 1.165) is 0 Å². The number of benzene rings is 2. The summed E-state index contributed by atoms with van der Waals surface area (Å²) in [5, 5.41) is 13.2. The van der Waals surface area contributed by atoms with Crippen LogP contribution in [0.2, 0.25) is 0 Å². The monoisotopic (exact) mass is 366 g/mol. The molecule has 0 aliphatic carbocycles. The van der Waals surface area contributed by atoms with Crippen molar-refractivity contribution >= 4 is 52.7 Å². The number of hydrogen-bond donors (Lipinski definition) is 1. The second-order valence-corrected chi connectivity index (χ2v) is 5.78. The number of nitrogens with one attached hydrogen (secondary N) is 1. The fourth-order valence-electron chi connectivity index (χ4n) is 2.39. The van der Waals surface area contributed by atoms with Crippen LogP contribution in [0.25, 0.3) is 0 Å². The van der Waals surface area contributed by atoms with E-state index in [1.165, 1.54) is 35.4 Å². The number of para-hydroxylation sites is 1. The van der Waals surface area contributed by atoms with Crippen LogP contribution in [0.4, 0.5) is 11.4 Å². The summed E-state index contributed by atoms with van der Waals surface area (Å²) in [7, 11) is 0.